The Balaban J connectivity index is 2.08. The molecule has 0 aliphatic rings. The van der Waals surface area contributed by atoms with Crippen LogP contribution in [-0.2, 0) is 13.0 Å². The SMILES string of the molecule is Cc1cccc(Cn2c(CCCl)nc3cc(C)ccc32)c1. The molecule has 0 unspecified atom stereocenters. The molecule has 0 fully saturated rings. The standard InChI is InChI=1S/C18H19ClN2/c1-13-4-3-5-15(10-13)12-21-17-7-6-14(2)11-16(17)20-18(21)8-9-19/h3-7,10-11H,8-9,12H2,1-2H3. The van der Waals surface area contributed by atoms with Crippen LogP contribution in [0.25, 0.3) is 11.0 Å². The van der Waals surface area contributed by atoms with Crippen molar-refractivity contribution in [3.63, 3.8) is 0 Å². The zero-order valence-electron chi connectivity index (χ0n) is 12.4. The van der Waals surface area contributed by atoms with Crippen molar-refractivity contribution >= 4 is 22.6 Å². The van der Waals surface area contributed by atoms with Crippen LogP contribution in [0.4, 0.5) is 0 Å². The molecule has 21 heavy (non-hydrogen) atoms. The number of hydrogen-bond acceptors (Lipinski definition) is 1. The fraction of sp³-hybridized carbons (Fsp3) is 0.278. The number of rotatable bonds is 4. The molecule has 0 bridgehead atoms. The molecule has 108 valence electrons. The topological polar surface area (TPSA) is 17.8 Å². The number of hydrogen-bond donors (Lipinski definition) is 0. The van der Waals surface area contributed by atoms with Crippen molar-refractivity contribution in [2.24, 2.45) is 0 Å². The van der Waals surface area contributed by atoms with Crippen LogP contribution in [0.2, 0.25) is 0 Å². The van der Waals surface area contributed by atoms with E-state index in [4.69, 9.17) is 16.6 Å². The van der Waals surface area contributed by atoms with E-state index < -0.39 is 0 Å². The van der Waals surface area contributed by atoms with Crippen molar-refractivity contribution in [3.8, 4) is 0 Å². The quantitative estimate of drug-likeness (QED) is 0.649. The van der Waals surface area contributed by atoms with E-state index in [0.717, 1.165) is 24.3 Å². The predicted octanol–water partition coefficient (Wildman–Crippen LogP) is 4.48. The van der Waals surface area contributed by atoms with Crippen molar-refractivity contribution in [1.29, 1.82) is 0 Å². The van der Waals surface area contributed by atoms with Gasteiger partial charge in [-0.25, -0.2) is 4.98 Å². The van der Waals surface area contributed by atoms with Crippen LogP contribution in [0.1, 0.15) is 22.5 Å². The van der Waals surface area contributed by atoms with E-state index in [1.54, 1.807) is 0 Å². The van der Waals surface area contributed by atoms with Gasteiger partial charge in [-0.1, -0.05) is 35.9 Å². The minimum absolute atomic E-state index is 0.593. The molecular formula is C18H19ClN2. The lowest BCUT2D eigenvalue weighted by atomic mass is 10.1. The molecule has 0 amide bonds. The van der Waals surface area contributed by atoms with Gasteiger partial charge in [0, 0.05) is 18.8 Å². The number of nitrogens with zero attached hydrogens (tertiary/aromatic N) is 2. The molecule has 3 aromatic rings. The molecule has 3 heteroatoms. The van der Waals surface area contributed by atoms with Crippen molar-refractivity contribution in [1.82, 2.24) is 9.55 Å². The number of aryl methyl sites for hydroxylation is 3. The number of fused-ring (bicyclic) bond motifs is 1. The van der Waals surface area contributed by atoms with Gasteiger partial charge in [-0.3, -0.25) is 0 Å². The van der Waals surface area contributed by atoms with Crippen LogP contribution in [0, 0.1) is 13.8 Å². The van der Waals surface area contributed by atoms with Gasteiger partial charge >= 0.3 is 0 Å². The molecule has 0 aliphatic heterocycles. The van der Waals surface area contributed by atoms with E-state index >= 15 is 0 Å². The molecule has 0 saturated heterocycles. The van der Waals surface area contributed by atoms with Crippen LogP contribution in [0.15, 0.2) is 42.5 Å². The molecule has 0 saturated carbocycles. The summed E-state index contributed by atoms with van der Waals surface area (Å²) in [5.74, 6) is 1.66. The zero-order chi connectivity index (χ0) is 14.8. The lowest BCUT2D eigenvalue weighted by Gasteiger charge is -2.09. The third-order valence-electron chi connectivity index (χ3n) is 3.72. The third-order valence-corrected chi connectivity index (χ3v) is 3.91. The van der Waals surface area contributed by atoms with E-state index in [-0.39, 0.29) is 0 Å². The van der Waals surface area contributed by atoms with E-state index in [1.165, 1.54) is 22.2 Å². The summed E-state index contributed by atoms with van der Waals surface area (Å²) >= 11 is 5.94. The smallest absolute Gasteiger partial charge is 0.111 e. The second-order valence-corrected chi connectivity index (χ2v) is 5.91. The van der Waals surface area contributed by atoms with Crippen LogP contribution in [0.5, 0.6) is 0 Å². The lowest BCUT2D eigenvalue weighted by molar-refractivity contribution is 0.754. The average molecular weight is 299 g/mol. The number of imidazole rings is 1. The number of benzene rings is 2. The average Bonchev–Trinajstić information content (AvgIpc) is 2.76. The van der Waals surface area contributed by atoms with Crippen molar-refractivity contribution in [2.45, 2.75) is 26.8 Å². The molecule has 2 aromatic carbocycles. The van der Waals surface area contributed by atoms with E-state index in [2.05, 4.69) is 60.9 Å². The minimum atomic E-state index is 0.593. The number of halogens is 1. The maximum Gasteiger partial charge on any atom is 0.111 e. The van der Waals surface area contributed by atoms with E-state index in [1.807, 2.05) is 0 Å². The summed E-state index contributed by atoms with van der Waals surface area (Å²) in [6, 6.07) is 15.1. The van der Waals surface area contributed by atoms with Crippen molar-refractivity contribution in [3.05, 3.63) is 65.0 Å². The summed E-state index contributed by atoms with van der Waals surface area (Å²) in [5, 5.41) is 0. The monoisotopic (exact) mass is 298 g/mol. The van der Waals surface area contributed by atoms with Crippen LogP contribution in [0.3, 0.4) is 0 Å². The Kier molecular flexibility index (Phi) is 3.98. The van der Waals surface area contributed by atoms with Gasteiger partial charge in [0.05, 0.1) is 11.0 Å². The first kappa shape index (κ1) is 14.2. The first-order valence-electron chi connectivity index (χ1n) is 7.24. The summed E-state index contributed by atoms with van der Waals surface area (Å²) in [5.41, 5.74) is 6.06. The van der Waals surface area contributed by atoms with Gasteiger partial charge in [0.25, 0.3) is 0 Å². The van der Waals surface area contributed by atoms with Crippen molar-refractivity contribution in [2.75, 3.05) is 5.88 Å². The van der Waals surface area contributed by atoms with Gasteiger partial charge in [0.15, 0.2) is 0 Å². The molecule has 0 atom stereocenters. The predicted molar refractivity (Wildman–Crippen MR) is 89.2 cm³/mol. The van der Waals surface area contributed by atoms with Gasteiger partial charge < -0.3 is 4.57 Å². The Hall–Kier alpha value is -1.80. The van der Waals surface area contributed by atoms with Crippen molar-refractivity contribution < 1.29 is 0 Å². The number of alkyl halides is 1. The second kappa shape index (κ2) is 5.90. The van der Waals surface area contributed by atoms with E-state index in [0.29, 0.717) is 5.88 Å². The van der Waals surface area contributed by atoms with E-state index in [9.17, 15) is 0 Å². The summed E-state index contributed by atoms with van der Waals surface area (Å²) < 4.78 is 2.28. The molecule has 0 radical (unpaired) electrons. The zero-order valence-corrected chi connectivity index (χ0v) is 13.2. The third kappa shape index (κ3) is 2.96. The lowest BCUT2D eigenvalue weighted by Crippen LogP contribution is -2.06. The van der Waals surface area contributed by atoms with Gasteiger partial charge in [-0.2, -0.15) is 0 Å². The highest BCUT2D eigenvalue weighted by atomic mass is 35.5. The Morgan fingerprint density at radius 3 is 2.62 bits per heavy atom. The van der Waals surface area contributed by atoms with Crippen LogP contribution in [-0.4, -0.2) is 15.4 Å². The highest BCUT2D eigenvalue weighted by Gasteiger charge is 2.11. The maximum absolute atomic E-state index is 5.94. The minimum Gasteiger partial charge on any atom is -0.323 e. The molecule has 2 nitrogen and oxygen atoms in total. The largest absolute Gasteiger partial charge is 0.323 e. The Labute approximate surface area is 130 Å². The fourth-order valence-corrected chi connectivity index (χ4v) is 2.90. The summed E-state index contributed by atoms with van der Waals surface area (Å²) in [4.78, 5) is 4.76. The first-order valence-corrected chi connectivity index (χ1v) is 7.78. The second-order valence-electron chi connectivity index (χ2n) is 5.53. The molecule has 1 heterocycles. The first-order chi connectivity index (χ1) is 10.2. The molecule has 0 spiro atoms. The van der Waals surface area contributed by atoms with Gasteiger partial charge in [-0.15, -0.1) is 11.6 Å². The fourth-order valence-electron chi connectivity index (χ4n) is 2.73. The van der Waals surface area contributed by atoms with Gasteiger partial charge in [0.1, 0.15) is 5.82 Å². The summed E-state index contributed by atoms with van der Waals surface area (Å²) in [6.45, 7) is 5.06. The highest BCUT2D eigenvalue weighted by molar-refractivity contribution is 6.17. The molecule has 0 N–H and O–H groups in total. The Morgan fingerprint density at radius 2 is 1.86 bits per heavy atom. The highest BCUT2D eigenvalue weighted by Crippen LogP contribution is 2.20. The maximum atomic E-state index is 5.94. The Morgan fingerprint density at radius 1 is 1.05 bits per heavy atom. The van der Waals surface area contributed by atoms with Crippen LogP contribution < -0.4 is 0 Å². The normalized spacial score (nSPS) is 11.2. The van der Waals surface area contributed by atoms with Crippen LogP contribution >= 0.6 is 11.6 Å². The summed E-state index contributed by atoms with van der Waals surface area (Å²) in [6.07, 6.45) is 0.793. The molecule has 3 rings (SSSR count). The Bertz CT molecular complexity index is 774. The summed E-state index contributed by atoms with van der Waals surface area (Å²) in [7, 11) is 0. The number of aromatic nitrogens is 2. The molecule has 1 aromatic heterocycles. The molecule has 0 aliphatic carbocycles. The van der Waals surface area contributed by atoms with Gasteiger partial charge in [-0.05, 0) is 37.1 Å². The molecular weight excluding hydrogens is 280 g/mol. The van der Waals surface area contributed by atoms with Gasteiger partial charge in [0.2, 0.25) is 0 Å².